The Hall–Kier alpha value is -1.68. The molecule has 20 heavy (non-hydrogen) atoms. The first-order valence-electron chi connectivity index (χ1n) is 7.27. The molecule has 1 aromatic carbocycles. The summed E-state index contributed by atoms with van der Waals surface area (Å²) in [6, 6.07) is 7.83. The van der Waals surface area contributed by atoms with Crippen molar-refractivity contribution < 1.29 is 4.39 Å². The summed E-state index contributed by atoms with van der Waals surface area (Å²) in [7, 11) is 0. The molecule has 106 valence electrons. The summed E-state index contributed by atoms with van der Waals surface area (Å²) >= 11 is 0. The molecular formula is C16H20FN3. The molecule has 1 unspecified atom stereocenters. The molecule has 1 aliphatic carbocycles. The summed E-state index contributed by atoms with van der Waals surface area (Å²) in [5.41, 5.74) is 0.858. The summed E-state index contributed by atoms with van der Waals surface area (Å²) < 4.78 is 13.7. The van der Waals surface area contributed by atoms with Crippen LogP contribution in [0.15, 0.2) is 36.7 Å². The molecular weight excluding hydrogens is 253 g/mol. The molecule has 1 aliphatic rings. The van der Waals surface area contributed by atoms with E-state index in [1.165, 1.54) is 0 Å². The van der Waals surface area contributed by atoms with E-state index in [1.807, 2.05) is 18.3 Å². The van der Waals surface area contributed by atoms with E-state index >= 15 is 0 Å². The number of nitrogens with one attached hydrogen (secondary N) is 2. The second kappa shape index (κ2) is 5.75. The number of rotatable bonds is 5. The molecule has 4 heteroatoms. The lowest BCUT2D eigenvalue weighted by Crippen LogP contribution is -2.42. The van der Waals surface area contributed by atoms with Crippen molar-refractivity contribution in [1.82, 2.24) is 15.3 Å². The van der Waals surface area contributed by atoms with E-state index in [0.717, 1.165) is 30.7 Å². The Bertz CT molecular complexity index is 547. The van der Waals surface area contributed by atoms with E-state index in [0.29, 0.717) is 12.0 Å². The van der Waals surface area contributed by atoms with Gasteiger partial charge >= 0.3 is 0 Å². The molecule has 0 amide bonds. The van der Waals surface area contributed by atoms with Gasteiger partial charge in [-0.15, -0.1) is 0 Å². The van der Waals surface area contributed by atoms with Crippen molar-refractivity contribution in [2.75, 3.05) is 0 Å². The maximum absolute atomic E-state index is 13.7. The average Bonchev–Trinajstić information content (AvgIpc) is 2.93. The number of aromatic nitrogens is 2. The zero-order valence-electron chi connectivity index (χ0n) is 11.6. The smallest absolute Gasteiger partial charge is 0.126 e. The van der Waals surface area contributed by atoms with Crippen LogP contribution in [-0.4, -0.2) is 16.0 Å². The molecule has 1 atom stereocenters. The van der Waals surface area contributed by atoms with Gasteiger partial charge in [-0.05, 0) is 36.8 Å². The van der Waals surface area contributed by atoms with Gasteiger partial charge in [0, 0.05) is 18.4 Å². The van der Waals surface area contributed by atoms with Crippen molar-refractivity contribution in [3.8, 4) is 0 Å². The molecule has 0 spiro atoms. The lowest BCUT2D eigenvalue weighted by Gasteiger charge is -2.38. The highest BCUT2D eigenvalue weighted by Gasteiger charge is 2.33. The topological polar surface area (TPSA) is 40.7 Å². The van der Waals surface area contributed by atoms with Crippen molar-refractivity contribution in [3.63, 3.8) is 0 Å². The van der Waals surface area contributed by atoms with Crippen LogP contribution in [0.3, 0.4) is 0 Å². The first-order valence-corrected chi connectivity index (χ1v) is 7.27. The molecule has 1 fully saturated rings. The van der Waals surface area contributed by atoms with Crippen LogP contribution in [-0.2, 0) is 0 Å². The summed E-state index contributed by atoms with van der Waals surface area (Å²) in [6.07, 6.45) is 6.62. The fourth-order valence-electron chi connectivity index (χ4n) is 2.96. The number of halogens is 1. The fourth-order valence-corrected chi connectivity index (χ4v) is 2.96. The van der Waals surface area contributed by atoms with Crippen molar-refractivity contribution in [1.29, 1.82) is 0 Å². The van der Waals surface area contributed by atoms with Crippen LogP contribution in [0.2, 0.25) is 0 Å². The largest absolute Gasteiger partial charge is 0.347 e. The van der Waals surface area contributed by atoms with Gasteiger partial charge in [-0.25, -0.2) is 9.37 Å². The number of H-pyrrole nitrogens is 1. The minimum atomic E-state index is -0.0750. The van der Waals surface area contributed by atoms with Gasteiger partial charge in [0.1, 0.15) is 11.6 Å². The standard InChI is InChI=1S/C16H20FN3/c1-2-15(16-18-7-8-19-16)20-12-9-11(10-12)13-5-3-4-6-14(13)17/h3-8,11-12,15,20H,2,9-10H2,1H3,(H,18,19). The predicted molar refractivity (Wildman–Crippen MR) is 76.9 cm³/mol. The van der Waals surface area contributed by atoms with E-state index in [2.05, 4.69) is 22.2 Å². The number of aromatic amines is 1. The van der Waals surface area contributed by atoms with Crippen LogP contribution in [0.4, 0.5) is 4.39 Å². The molecule has 2 aromatic rings. The van der Waals surface area contributed by atoms with Gasteiger partial charge in [-0.1, -0.05) is 25.1 Å². The van der Waals surface area contributed by atoms with Crippen LogP contribution >= 0.6 is 0 Å². The molecule has 1 saturated carbocycles. The van der Waals surface area contributed by atoms with Gasteiger partial charge in [0.05, 0.1) is 6.04 Å². The van der Waals surface area contributed by atoms with Crippen LogP contribution in [0.25, 0.3) is 0 Å². The van der Waals surface area contributed by atoms with Gasteiger partial charge < -0.3 is 10.3 Å². The number of hydrogen-bond acceptors (Lipinski definition) is 2. The number of imidazole rings is 1. The monoisotopic (exact) mass is 273 g/mol. The van der Waals surface area contributed by atoms with Crippen LogP contribution in [0.5, 0.6) is 0 Å². The zero-order chi connectivity index (χ0) is 13.9. The fraction of sp³-hybridized carbons (Fsp3) is 0.438. The SMILES string of the molecule is CCC(NC1CC(c2ccccc2F)C1)c1ncc[nH]1. The first kappa shape index (κ1) is 13.3. The Morgan fingerprint density at radius 1 is 1.40 bits per heavy atom. The van der Waals surface area contributed by atoms with E-state index < -0.39 is 0 Å². The van der Waals surface area contributed by atoms with E-state index in [4.69, 9.17) is 0 Å². The second-order valence-corrected chi connectivity index (χ2v) is 5.49. The van der Waals surface area contributed by atoms with Gasteiger partial charge in [-0.3, -0.25) is 0 Å². The molecule has 0 saturated heterocycles. The first-order chi connectivity index (χ1) is 9.78. The normalized spacial score (nSPS) is 23.3. The van der Waals surface area contributed by atoms with Gasteiger partial charge in [-0.2, -0.15) is 0 Å². The molecule has 0 aliphatic heterocycles. The third-order valence-electron chi connectivity index (χ3n) is 4.18. The highest BCUT2D eigenvalue weighted by atomic mass is 19.1. The number of hydrogen-bond donors (Lipinski definition) is 2. The molecule has 0 bridgehead atoms. The van der Waals surface area contributed by atoms with Gasteiger partial charge in [0.15, 0.2) is 0 Å². The van der Waals surface area contributed by atoms with Crippen molar-refractivity contribution in [2.45, 2.75) is 44.2 Å². The Balaban J connectivity index is 1.57. The third-order valence-corrected chi connectivity index (χ3v) is 4.18. The van der Waals surface area contributed by atoms with Gasteiger partial charge in [0.25, 0.3) is 0 Å². The zero-order valence-corrected chi connectivity index (χ0v) is 11.6. The number of benzene rings is 1. The predicted octanol–water partition coefficient (Wildman–Crippen LogP) is 3.54. The Labute approximate surface area is 118 Å². The molecule has 2 N–H and O–H groups in total. The quantitative estimate of drug-likeness (QED) is 0.875. The summed E-state index contributed by atoms with van der Waals surface area (Å²) in [5.74, 6) is 1.26. The van der Waals surface area contributed by atoms with Crippen LogP contribution < -0.4 is 5.32 Å². The van der Waals surface area contributed by atoms with E-state index in [1.54, 1.807) is 18.3 Å². The van der Waals surface area contributed by atoms with Crippen molar-refractivity contribution in [2.24, 2.45) is 0 Å². The van der Waals surface area contributed by atoms with Crippen molar-refractivity contribution >= 4 is 0 Å². The molecule has 1 heterocycles. The highest BCUT2D eigenvalue weighted by Crippen LogP contribution is 2.39. The Morgan fingerprint density at radius 2 is 2.20 bits per heavy atom. The average molecular weight is 273 g/mol. The minimum absolute atomic E-state index is 0.0750. The highest BCUT2D eigenvalue weighted by molar-refractivity contribution is 5.24. The molecule has 0 radical (unpaired) electrons. The Kier molecular flexibility index (Phi) is 3.83. The third kappa shape index (κ3) is 2.61. The maximum atomic E-state index is 13.7. The van der Waals surface area contributed by atoms with Crippen molar-refractivity contribution in [3.05, 3.63) is 53.9 Å². The lowest BCUT2D eigenvalue weighted by atomic mass is 9.75. The van der Waals surface area contributed by atoms with E-state index in [-0.39, 0.29) is 11.9 Å². The molecule has 3 rings (SSSR count). The Morgan fingerprint density at radius 3 is 2.85 bits per heavy atom. The van der Waals surface area contributed by atoms with Crippen LogP contribution in [0, 0.1) is 5.82 Å². The lowest BCUT2D eigenvalue weighted by molar-refractivity contribution is 0.255. The summed E-state index contributed by atoms with van der Waals surface area (Å²) in [6.45, 7) is 2.15. The molecule has 3 nitrogen and oxygen atoms in total. The summed E-state index contributed by atoms with van der Waals surface area (Å²) in [5, 5.41) is 3.61. The molecule has 1 aromatic heterocycles. The van der Waals surface area contributed by atoms with Crippen LogP contribution in [0.1, 0.15) is 49.5 Å². The number of nitrogens with zero attached hydrogens (tertiary/aromatic N) is 1. The van der Waals surface area contributed by atoms with Gasteiger partial charge in [0.2, 0.25) is 0 Å². The maximum Gasteiger partial charge on any atom is 0.126 e. The summed E-state index contributed by atoms with van der Waals surface area (Å²) in [4.78, 5) is 7.47. The second-order valence-electron chi connectivity index (χ2n) is 5.49. The van der Waals surface area contributed by atoms with E-state index in [9.17, 15) is 4.39 Å². The minimum Gasteiger partial charge on any atom is -0.347 e.